The second kappa shape index (κ2) is 5.69. The fourth-order valence-corrected chi connectivity index (χ4v) is 3.16. The number of nitrogens with one attached hydrogen (secondary N) is 1. The lowest BCUT2D eigenvalue weighted by Crippen LogP contribution is -2.11. The van der Waals surface area contributed by atoms with Gasteiger partial charge in [-0.25, -0.2) is 9.78 Å². The highest BCUT2D eigenvalue weighted by Crippen LogP contribution is 2.28. The number of nitrogens with zero attached hydrogens (tertiary/aromatic N) is 2. The quantitative estimate of drug-likeness (QED) is 0.751. The number of aromatic nitrogens is 3. The summed E-state index contributed by atoms with van der Waals surface area (Å²) in [6, 6.07) is 5.32. The number of pyridine rings is 1. The van der Waals surface area contributed by atoms with Gasteiger partial charge in [0.25, 0.3) is 5.56 Å². The van der Waals surface area contributed by atoms with Gasteiger partial charge < -0.3 is 9.72 Å². The first-order chi connectivity index (χ1) is 10.6. The van der Waals surface area contributed by atoms with E-state index in [0.717, 1.165) is 4.88 Å². The summed E-state index contributed by atoms with van der Waals surface area (Å²) >= 11 is 1.22. The van der Waals surface area contributed by atoms with Gasteiger partial charge in [0.1, 0.15) is 16.1 Å². The van der Waals surface area contributed by atoms with Crippen LogP contribution in [-0.2, 0) is 4.74 Å². The zero-order chi connectivity index (χ0) is 15.7. The molecular formula is C15H13N3O3S. The lowest BCUT2D eigenvalue weighted by molar-refractivity contribution is 0.0534. The number of rotatable bonds is 3. The molecule has 22 heavy (non-hydrogen) atoms. The van der Waals surface area contributed by atoms with Gasteiger partial charge in [0.15, 0.2) is 5.82 Å². The molecule has 6 nitrogen and oxygen atoms in total. The number of thiophene rings is 1. The fraction of sp³-hybridized carbons (Fsp3) is 0.200. The molecule has 3 aromatic heterocycles. The summed E-state index contributed by atoms with van der Waals surface area (Å²) in [5.41, 5.74) is 0.625. The Labute approximate surface area is 129 Å². The van der Waals surface area contributed by atoms with Crippen LogP contribution < -0.4 is 5.56 Å². The minimum atomic E-state index is -0.462. The molecule has 0 spiro atoms. The van der Waals surface area contributed by atoms with Crippen molar-refractivity contribution in [1.29, 1.82) is 0 Å². The van der Waals surface area contributed by atoms with Crippen molar-refractivity contribution in [2.24, 2.45) is 0 Å². The van der Waals surface area contributed by atoms with Crippen LogP contribution >= 0.6 is 11.3 Å². The molecule has 0 fully saturated rings. The molecule has 3 rings (SSSR count). The van der Waals surface area contributed by atoms with Crippen molar-refractivity contribution in [1.82, 2.24) is 15.0 Å². The Hall–Kier alpha value is -2.54. The number of fused-ring (bicyclic) bond motifs is 1. The zero-order valence-electron chi connectivity index (χ0n) is 12.0. The van der Waals surface area contributed by atoms with Crippen molar-refractivity contribution in [3.8, 4) is 11.5 Å². The maximum absolute atomic E-state index is 12.3. The minimum absolute atomic E-state index is 0.271. The predicted octanol–water partition coefficient (Wildman–Crippen LogP) is 2.53. The molecule has 0 aromatic carbocycles. The first-order valence-corrected chi connectivity index (χ1v) is 7.55. The number of carbonyl (C=O) groups is 1. The summed E-state index contributed by atoms with van der Waals surface area (Å²) in [5.74, 6) is -0.128. The predicted molar refractivity (Wildman–Crippen MR) is 84.2 cm³/mol. The van der Waals surface area contributed by atoms with Crippen molar-refractivity contribution >= 4 is 28.2 Å². The summed E-state index contributed by atoms with van der Waals surface area (Å²) in [4.78, 5) is 36.8. The molecule has 0 atom stereocenters. The Morgan fingerprint density at radius 1 is 1.41 bits per heavy atom. The van der Waals surface area contributed by atoms with Gasteiger partial charge in [-0.05, 0) is 26.0 Å². The number of carbonyl (C=O) groups excluding carboxylic acids is 1. The summed E-state index contributed by atoms with van der Waals surface area (Å²) < 4.78 is 5.04. The summed E-state index contributed by atoms with van der Waals surface area (Å²) in [6.07, 6.45) is 1.62. The summed E-state index contributed by atoms with van der Waals surface area (Å²) in [7, 11) is 0. The topological polar surface area (TPSA) is 84.9 Å². The molecular weight excluding hydrogens is 302 g/mol. The average Bonchev–Trinajstić information content (AvgIpc) is 2.86. The molecule has 112 valence electrons. The van der Waals surface area contributed by atoms with E-state index in [0.29, 0.717) is 27.3 Å². The number of aromatic amines is 1. The number of esters is 1. The highest BCUT2D eigenvalue weighted by atomic mass is 32.1. The van der Waals surface area contributed by atoms with Gasteiger partial charge in [-0.2, -0.15) is 0 Å². The van der Waals surface area contributed by atoms with Gasteiger partial charge in [-0.3, -0.25) is 9.78 Å². The van der Waals surface area contributed by atoms with Crippen LogP contribution in [0.2, 0.25) is 0 Å². The monoisotopic (exact) mass is 315 g/mol. The van der Waals surface area contributed by atoms with E-state index < -0.39 is 5.97 Å². The molecule has 0 bridgehead atoms. The van der Waals surface area contributed by atoms with Crippen LogP contribution in [-0.4, -0.2) is 27.5 Å². The third-order valence-electron chi connectivity index (χ3n) is 3.11. The van der Waals surface area contributed by atoms with Gasteiger partial charge >= 0.3 is 5.97 Å². The molecule has 3 heterocycles. The van der Waals surface area contributed by atoms with Crippen LogP contribution in [0.25, 0.3) is 22.4 Å². The molecule has 0 amide bonds. The zero-order valence-corrected chi connectivity index (χ0v) is 12.9. The molecule has 0 saturated carbocycles. The molecule has 0 unspecified atom stereocenters. The standard InChI is InChI=1S/C15H13N3O3S/c1-3-21-15(20)12-11-10(8(2)22-12)14(19)18-13(17-11)9-6-4-5-7-16-9/h4-7H,3H2,1-2H3,(H,17,18,19). The van der Waals surface area contributed by atoms with Gasteiger partial charge in [0.05, 0.1) is 12.0 Å². The molecule has 0 radical (unpaired) electrons. The highest BCUT2D eigenvalue weighted by molar-refractivity contribution is 7.15. The van der Waals surface area contributed by atoms with Gasteiger partial charge in [0, 0.05) is 11.1 Å². The first-order valence-electron chi connectivity index (χ1n) is 6.73. The van der Waals surface area contributed by atoms with Crippen molar-refractivity contribution in [2.45, 2.75) is 13.8 Å². The van der Waals surface area contributed by atoms with E-state index in [1.807, 2.05) is 0 Å². The smallest absolute Gasteiger partial charge is 0.350 e. The SMILES string of the molecule is CCOC(=O)c1sc(C)c2c(=O)[nH]c(-c3ccccn3)nc12. The average molecular weight is 315 g/mol. The number of H-pyrrole nitrogens is 1. The second-order valence-corrected chi connectivity index (χ2v) is 5.79. The van der Waals surface area contributed by atoms with E-state index in [1.165, 1.54) is 11.3 Å². The largest absolute Gasteiger partial charge is 0.462 e. The Bertz CT molecular complexity index is 900. The van der Waals surface area contributed by atoms with Gasteiger partial charge in [0.2, 0.25) is 0 Å². The molecule has 3 aromatic rings. The maximum Gasteiger partial charge on any atom is 0.350 e. The van der Waals surface area contributed by atoms with Crippen molar-refractivity contribution in [3.63, 3.8) is 0 Å². The van der Waals surface area contributed by atoms with E-state index in [2.05, 4.69) is 15.0 Å². The van der Waals surface area contributed by atoms with Crippen LogP contribution in [0.15, 0.2) is 29.2 Å². The minimum Gasteiger partial charge on any atom is -0.462 e. The molecule has 0 aliphatic heterocycles. The Morgan fingerprint density at radius 2 is 2.23 bits per heavy atom. The number of hydrogen-bond donors (Lipinski definition) is 1. The van der Waals surface area contributed by atoms with Crippen molar-refractivity contribution < 1.29 is 9.53 Å². The second-order valence-electron chi connectivity index (χ2n) is 4.56. The third-order valence-corrected chi connectivity index (χ3v) is 4.18. The molecule has 0 saturated heterocycles. The Kier molecular flexibility index (Phi) is 3.72. The van der Waals surface area contributed by atoms with Gasteiger partial charge in [-0.1, -0.05) is 6.07 Å². The molecule has 1 N–H and O–H groups in total. The van der Waals surface area contributed by atoms with Gasteiger partial charge in [-0.15, -0.1) is 11.3 Å². The van der Waals surface area contributed by atoms with Crippen molar-refractivity contribution in [2.75, 3.05) is 6.61 Å². The van der Waals surface area contributed by atoms with E-state index in [9.17, 15) is 9.59 Å². The lowest BCUT2D eigenvalue weighted by atomic mass is 10.2. The fourth-order valence-electron chi connectivity index (χ4n) is 2.18. The highest BCUT2D eigenvalue weighted by Gasteiger charge is 2.21. The van der Waals surface area contributed by atoms with Crippen LogP contribution in [0.3, 0.4) is 0 Å². The normalized spacial score (nSPS) is 10.8. The Morgan fingerprint density at radius 3 is 2.91 bits per heavy atom. The number of ether oxygens (including phenoxy) is 1. The number of aryl methyl sites for hydroxylation is 1. The maximum atomic E-state index is 12.3. The van der Waals surface area contributed by atoms with E-state index in [1.54, 1.807) is 38.2 Å². The molecule has 0 aliphatic rings. The molecule has 7 heteroatoms. The van der Waals surface area contributed by atoms with Crippen LogP contribution in [0, 0.1) is 6.92 Å². The van der Waals surface area contributed by atoms with E-state index in [-0.39, 0.29) is 12.2 Å². The summed E-state index contributed by atoms with van der Waals surface area (Å²) in [5, 5.41) is 0.424. The van der Waals surface area contributed by atoms with Crippen LogP contribution in [0.4, 0.5) is 0 Å². The summed E-state index contributed by atoms with van der Waals surface area (Å²) in [6.45, 7) is 3.79. The van der Waals surface area contributed by atoms with Crippen molar-refractivity contribution in [3.05, 3.63) is 44.5 Å². The van der Waals surface area contributed by atoms with E-state index >= 15 is 0 Å². The third kappa shape index (κ3) is 2.39. The van der Waals surface area contributed by atoms with E-state index in [4.69, 9.17) is 4.74 Å². The lowest BCUT2D eigenvalue weighted by Gasteiger charge is -2.02. The molecule has 0 aliphatic carbocycles. The first kappa shape index (κ1) is 14.4. The van der Waals surface area contributed by atoms with Crippen LogP contribution in [0.1, 0.15) is 21.5 Å². The van der Waals surface area contributed by atoms with Crippen LogP contribution in [0.5, 0.6) is 0 Å². The Balaban J connectivity index is 2.26. The number of hydrogen-bond acceptors (Lipinski definition) is 6.